The second-order valence-electron chi connectivity index (χ2n) is 7.71. The molecule has 3 aliphatic rings. The third-order valence-electron chi connectivity index (χ3n) is 5.88. The zero-order valence-electron chi connectivity index (χ0n) is 14.4. The predicted molar refractivity (Wildman–Crippen MR) is 93.7 cm³/mol. The first kappa shape index (κ1) is 16.5. The first-order valence-electron chi connectivity index (χ1n) is 9.21. The highest BCUT2D eigenvalue weighted by Gasteiger charge is 2.48. The quantitative estimate of drug-likeness (QED) is 0.887. The lowest BCUT2D eigenvalue weighted by molar-refractivity contribution is -0.147. The van der Waals surface area contributed by atoms with Crippen molar-refractivity contribution in [3.63, 3.8) is 0 Å². The van der Waals surface area contributed by atoms with Crippen LogP contribution in [0.25, 0.3) is 0 Å². The van der Waals surface area contributed by atoms with Gasteiger partial charge in [-0.1, -0.05) is 6.92 Å². The molecule has 0 radical (unpaired) electrons. The van der Waals surface area contributed by atoms with Crippen molar-refractivity contribution in [3.05, 3.63) is 16.6 Å². The molecule has 0 aromatic carbocycles. The summed E-state index contributed by atoms with van der Waals surface area (Å²) in [6.45, 7) is 6.10. The zero-order valence-corrected chi connectivity index (χ0v) is 15.2. The molecule has 4 rings (SSSR count). The molecule has 3 fully saturated rings. The van der Waals surface area contributed by atoms with Gasteiger partial charge in [-0.05, 0) is 43.9 Å². The van der Waals surface area contributed by atoms with Crippen molar-refractivity contribution in [1.29, 1.82) is 0 Å². The van der Waals surface area contributed by atoms with Crippen molar-refractivity contribution < 1.29 is 9.53 Å². The van der Waals surface area contributed by atoms with Gasteiger partial charge in [-0.3, -0.25) is 9.69 Å². The molecule has 1 aliphatic carbocycles. The molecular formula is C18H27N3O2S. The molecule has 24 heavy (non-hydrogen) atoms. The van der Waals surface area contributed by atoms with Crippen molar-refractivity contribution in [2.24, 2.45) is 11.8 Å². The number of amides is 1. The van der Waals surface area contributed by atoms with Crippen LogP contribution in [0.3, 0.4) is 0 Å². The number of carbonyl (C=O) groups excluding carboxylic acids is 1. The highest BCUT2D eigenvalue weighted by Crippen LogP contribution is 2.42. The molecule has 2 aliphatic heterocycles. The highest BCUT2D eigenvalue weighted by atomic mass is 32.1. The molecule has 1 N–H and O–H groups in total. The third-order valence-corrected chi connectivity index (χ3v) is 6.65. The van der Waals surface area contributed by atoms with Gasteiger partial charge in [0.2, 0.25) is 5.91 Å². The lowest BCUT2D eigenvalue weighted by Crippen LogP contribution is -2.51. The van der Waals surface area contributed by atoms with Crippen LogP contribution in [0.5, 0.6) is 0 Å². The SMILES string of the molecule is C[C@H]1CN(Cc2nccs2)CC[C@]12CC[C@@H](C(=O)NCC1CC1)O2. The predicted octanol–water partition coefficient (Wildman–Crippen LogP) is 2.43. The van der Waals surface area contributed by atoms with E-state index in [1.807, 2.05) is 11.6 Å². The smallest absolute Gasteiger partial charge is 0.249 e. The molecule has 1 saturated carbocycles. The van der Waals surface area contributed by atoms with Gasteiger partial charge in [0.1, 0.15) is 11.1 Å². The van der Waals surface area contributed by atoms with Crippen LogP contribution in [0.4, 0.5) is 0 Å². The van der Waals surface area contributed by atoms with Gasteiger partial charge in [0.15, 0.2) is 0 Å². The van der Waals surface area contributed by atoms with Crippen molar-refractivity contribution in [2.45, 2.75) is 57.3 Å². The number of aromatic nitrogens is 1. The number of carbonyl (C=O) groups is 1. The second kappa shape index (κ2) is 6.73. The van der Waals surface area contributed by atoms with Crippen LogP contribution in [-0.4, -0.2) is 47.1 Å². The largest absolute Gasteiger partial charge is 0.362 e. The minimum Gasteiger partial charge on any atom is -0.362 e. The normalized spacial score (nSPS) is 33.9. The summed E-state index contributed by atoms with van der Waals surface area (Å²) in [5.74, 6) is 1.28. The Morgan fingerprint density at radius 1 is 1.46 bits per heavy atom. The van der Waals surface area contributed by atoms with Gasteiger partial charge < -0.3 is 10.1 Å². The molecule has 1 amide bonds. The van der Waals surface area contributed by atoms with E-state index in [1.54, 1.807) is 11.3 Å². The standard InChI is InChI=1S/C18H27N3O2S/c1-13-11-21(12-16-19-7-9-24-16)8-6-18(13)5-4-15(23-18)17(22)20-10-14-2-3-14/h7,9,13-15H,2-6,8,10-12H2,1H3,(H,20,22)/t13-,15-,18+/m0/s1. The van der Waals surface area contributed by atoms with Gasteiger partial charge in [-0.2, -0.15) is 0 Å². The molecule has 0 bridgehead atoms. The molecule has 1 spiro atoms. The van der Waals surface area contributed by atoms with E-state index in [0.717, 1.165) is 51.4 Å². The lowest BCUT2D eigenvalue weighted by atomic mass is 9.80. The van der Waals surface area contributed by atoms with E-state index in [0.29, 0.717) is 5.92 Å². The summed E-state index contributed by atoms with van der Waals surface area (Å²) in [5, 5.41) is 6.30. The Balaban J connectivity index is 1.30. The van der Waals surface area contributed by atoms with Crippen LogP contribution in [-0.2, 0) is 16.1 Å². The molecule has 0 unspecified atom stereocenters. The molecular weight excluding hydrogens is 322 g/mol. The average Bonchev–Trinajstić information content (AvgIpc) is 3.07. The van der Waals surface area contributed by atoms with Gasteiger partial charge in [0, 0.05) is 31.2 Å². The Kier molecular flexibility index (Phi) is 4.62. The van der Waals surface area contributed by atoms with Crippen molar-refractivity contribution in [3.8, 4) is 0 Å². The van der Waals surface area contributed by atoms with E-state index in [4.69, 9.17) is 4.74 Å². The monoisotopic (exact) mass is 349 g/mol. The maximum absolute atomic E-state index is 12.3. The number of likely N-dealkylation sites (tertiary alicyclic amines) is 1. The number of nitrogens with zero attached hydrogens (tertiary/aromatic N) is 2. The Morgan fingerprint density at radius 2 is 2.33 bits per heavy atom. The number of nitrogens with one attached hydrogen (secondary N) is 1. The van der Waals surface area contributed by atoms with Crippen LogP contribution in [0, 0.1) is 11.8 Å². The van der Waals surface area contributed by atoms with E-state index in [9.17, 15) is 4.79 Å². The molecule has 2 saturated heterocycles. The Labute approximate surface area is 147 Å². The number of hydrogen-bond donors (Lipinski definition) is 1. The van der Waals surface area contributed by atoms with Gasteiger partial charge in [-0.25, -0.2) is 4.98 Å². The van der Waals surface area contributed by atoms with Crippen molar-refractivity contribution >= 4 is 17.2 Å². The van der Waals surface area contributed by atoms with Crippen molar-refractivity contribution in [1.82, 2.24) is 15.2 Å². The summed E-state index contributed by atoms with van der Waals surface area (Å²) in [6, 6.07) is 0. The van der Waals surface area contributed by atoms with E-state index in [1.165, 1.54) is 17.8 Å². The number of piperidine rings is 1. The second-order valence-corrected chi connectivity index (χ2v) is 8.69. The summed E-state index contributed by atoms with van der Waals surface area (Å²) >= 11 is 1.72. The molecule has 3 atom stereocenters. The summed E-state index contributed by atoms with van der Waals surface area (Å²) < 4.78 is 6.35. The number of rotatable bonds is 5. The third kappa shape index (κ3) is 3.51. The van der Waals surface area contributed by atoms with Crippen LogP contribution < -0.4 is 5.32 Å². The van der Waals surface area contributed by atoms with E-state index >= 15 is 0 Å². The van der Waals surface area contributed by atoms with Crippen LogP contribution in [0.1, 0.15) is 44.0 Å². The fourth-order valence-electron chi connectivity index (χ4n) is 4.09. The molecule has 1 aromatic heterocycles. The Hall–Kier alpha value is -0.980. The molecule has 6 heteroatoms. The Bertz CT molecular complexity index is 575. The summed E-state index contributed by atoms with van der Waals surface area (Å²) in [5.41, 5.74) is -0.0963. The van der Waals surface area contributed by atoms with Crippen LogP contribution >= 0.6 is 11.3 Å². The minimum atomic E-state index is -0.239. The minimum absolute atomic E-state index is 0.0963. The average molecular weight is 350 g/mol. The lowest BCUT2D eigenvalue weighted by Gasteiger charge is -2.44. The number of thiazole rings is 1. The molecule has 1 aromatic rings. The van der Waals surface area contributed by atoms with E-state index < -0.39 is 0 Å². The van der Waals surface area contributed by atoms with Gasteiger partial charge >= 0.3 is 0 Å². The first-order chi connectivity index (χ1) is 11.6. The van der Waals surface area contributed by atoms with Gasteiger partial charge in [-0.15, -0.1) is 11.3 Å². The molecule has 132 valence electrons. The Morgan fingerprint density at radius 3 is 3.04 bits per heavy atom. The van der Waals surface area contributed by atoms with Gasteiger partial charge in [0.25, 0.3) is 0 Å². The maximum atomic E-state index is 12.3. The molecule has 3 heterocycles. The van der Waals surface area contributed by atoms with Gasteiger partial charge in [0.05, 0.1) is 12.1 Å². The molecule has 5 nitrogen and oxygen atoms in total. The zero-order chi connectivity index (χ0) is 16.6. The van der Waals surface area contributed by atoms with Crippen molar-refractivity contribution in [2.75, 3.05) is 19.6 Å². The fraction of sp³-hybridized carbons (Fsp3) is 0.778. The summed E-state index contributed by atoms with van der Waals surface area (Å²) in [6.07, 6.45) is 7.07. The summed E-state index contributed by atoms with van der Waals surface area (Å²) in [4.78, 5) is 19.2. The van der Waals surface area contributed by atoms with Crippen LogP contribution in [0.15, 0.2) is 11.6 Å². The maximum Gasteiger partial charge on any atom is 0.249 e. The van der Waals surface area contributed by atoms with E-state index in [-0.39, 0.29) is 17.6 Å². The van der Waals surface area contributed by atoms with E-state index in [2.05, 4.69) is 22.1 Å². The number of hydrogen-bond acceptors (Lipinski definition) is 5. The fourth-order valence-corrected chi connectivity index (χ4v) is 4.75. The summed E-state index contributed by atoms with van der Waals surface area (Å²) in [7, 11) is 0. The highest BCUT2D eigenvalue weighted by molar-refractivity contribution is 7.09. The number of ether oxygens (including phenoxy) is 1. The first-order valence-corrected chi connectivity index (χ1v) is 10.1. The van der Waals surface area contributed by atoms with Crippen LogP contribution in [0.2, 0.25) is 0 Å². The topological polar surface area (TPSA) is 54.5 Å².